The lowest BCUT2D eigenvalue weighted by Crippen LogP contribution is -2.45. The fourth-order valence-electron chi connectivity index (χ4n) is 2.78. The molecule has 0 spiro atoms. The molecule has 136 valence electrons. The molecule has 2 rings (SSSR count). The fraction of sp³-hybridized carbons (Fsp3) is 0.471. The molecule has 1 saturated heterocycles. The molecular weight excluding hydrogens is 367 g/mol. The molecule has 1 aliphatic heterocycles. The molecule has 0 radical (unpaired) electrons. The number of carbonyl (C=O) groups excluding carboxylic acids is 2. The predicted octanol–water partition coefficient (Wildman–Crippen LogP) is 2.83. The van der Waals surface area contributed by atoms with Gasteiger partial charge in [-0.25, -0.2) is 0 Å². The third kappa shape index (κ3) is 5.61. The summed E-state index contributed by atoms with van der Waals surface area (Å²) < 4.78 is 0. The molecule has 1 heterocycles. The monoisotopic (exact) mass is 386 g/mol. The van der Waals surface area contributed by atoms with E-state index in [1.54, 1.807) is 17.0 Å². The van der Waals surface area contributed by atoms with Gasteiger partial charge in [-0.2, -0.15) is 0 Å². The van der Waals surface area contributed by atoms with Crippen molar-refractivity contribution >= 4 is 41.0 Å². The first-order valence-electron chi connectivity index (χ1n) is 8.12. The van der Waals surface area contributed by atoms with Crippen LogP contribution in [0.1, 0.15) is 36.0 Å². The van der Waals surface area contributed by atoms with Gasteiger partial charge in [-0.05, 0) is 37.5 Å². The number of halogens is 2. The Morgan fingerprint density at radius 1 is 1.24 bits per heavy atom. The summed E-state index contributed by atoms with van der Waals surface area (Å²) in [6, 6.07) is 4.72. The lowest BCUT2D eigenvalue weighted by Gasteiger charge is -2.32. The number of carboxylic acids is 1. The van der Waals surface area contributed by atoms with E-state index in [2.05, 4.69) is 5.32 Å². The Bertz CT molecular complexity index is 666. The van der Waals surface area contributed by atoms with Crippen LogP contribution in [0.5, 0.6) is 0 Å². The maximum Gasteiger partial charge on any atom is 0.303 e. The Hall–Kier alpha value is -1.79. The number of amides is 2. The van der Waals surface area contributed by atoms with Gasteiger partial charge >= 0.3 is 5.97 Å². The molecular formula is C17H20Cl2N2O4. The summed E-state index contributed by atoms with van der Waals surface area (Å²) >= 11 is 11.8. The third-order valence-electron chi connectivity index (χ3n) is 4.11. The normalized spacial score (nSPS) is 17.2. The number of hydrogen-bond acceptors (Lipinski definition) is 3. The number of carboxylic acid groups (broad SMARTS) is 1. The van der Waals surface area contributed by atoms with Crippen molar-refractivity contribution in [2.75, 3.05) is 19.6 Å². The summed E-state index contributed by atoms with van der Waals surface area (Å²) in [6.45, 7) is 1.24. The van der Waals surface area contributed by atoms with Crippen molar-refractivity contribution in [2.24, 2.45) is 5.92 Å². The van der Waals surface area contributed by atoms with Crippen LogP contribution in [-0.2, 0) is 9.59 Å². The van der Waals surface area contributed by atoms with Crippen LogP contribution in [0, 0.1) is 5.92 Å². The van der Waals surface area contributed by atoms with Crippen LogP contribution >= 0.6 is 23.2 Å². The van der Waals surface area contributed by atoms with E-state index < -0.39 is 5.97 Å². The number of aliphatic carboxylic acids is 1. The Labute approximate surface area is 156 Å². The number of nitrogens with one attached hydrogen (secondary N) is 1. The summed E-state index contributed by atoms with van der Waals surface area (Å²) in [7, 11) is 0. The minimum Gasteiger partial charge on any atom is -0.481 e. The van der Waals surface area contributed by atoms with E-state index in [0.717, 1.165) is 6.42 Å². The van der Waals surface area contributed by atoms with Crippen LogP contribution in [0.3, 0.4) is 0 Å². The second kappa shape index (κ2) is 9.06. The van der Waals surface area contributed by atoms with Gasteiger partial charge in [-0.15, -0.1) is 0 Å². The first-order chi connectivity index (χ1) is 11.9. The van der Waals surface area contributed by atoms with Crippen molar-refractivity contribution in [1.29, 1.82) is 0 Å². The molecule has 1 unspecified atom stereocenters. The number of likely N-dealkylation sites (tertiary alicyclic amines) is 1. The Morgan fingerprint density at radius 2 is 2.00 bits per heavy atom. The molecule has 1 fully saturated rings. The van der Waals surface area contributed by atoms with Gasteiger partial charge in [-0.3, -0.25) is 14.4 Å². The number of carbonyl (C=O) groups is 3. The molecule has 1 aromatic rings. The van der Waals surface area contributed by atoms with Gasteiger partial charge in [0.05, 0.1) is 16.0 Å². The molecule has 1 aromatic carbocycles. The van der Waals surface area contributed by atoms with E-state index in [-0.39, 0.29) is 24.2 Å². The van der Waals surface area contributed by atoms with Gasteiger partial charge in [-0.1, -0.05) is 23.2 Å². The van der Waals surface area contributed by atoms with Crippen molar-refractivity contribution < 1.29 is 19.5 Å². The summed E-state index contributed by atoms with van der Waals surface area (Å²) in [4.78, 5) is 36.9. The van der Waals surface area contributed by atoms with E-state index in [4.69, 9.17) is 28.3 Å². The highest BCUT2D eigenvalue weighted by Gasteiger charge is 2.28. The van der Waals surface area contributed by atoms with Crippen molar-refractivity contribution in [3.05, 3.63) is 33.8 Å². The number of rotatable bonds is 6. The molecule has 0 saturated carbocycles. The van der Waals surface area contributed by atoms with E-state index in [0.29, 0.717) is 48.1 Å². The standard InChI is InChI=1S/C17H20Cl2N2O4/c18-13-6-5-11(9-14(13)19)17(25)21-8-2-3-12(10-21)16(24)20-7-1-4-15(22)23/h5-6,9,12H,1-4,7-8,10H2,(H,20,24)(H,22,23). The molecule has 25 heavy (non-hydrogen) atoms. The highest BCUT2D eigenvalue weighted by atomic mass is 35.5. The van der Waals surface area contributed by atoms with E-state index in [9.17, 15) is 14.4 Å². The molecule has 0 aliphatic carbocycles. The number of piperidine rings is 1. The lowest BCUT2D eigenvalue weighted by molar-refractivity contribution is -0.137. The highest BCUT2D eigenvalue weighted by Crippen LogP contribution is 2.25. The van der Waals surface area contributed by atoms with Gasteiger partial charge in [0.2, 0.25) is 5.91 Å². The molecule has 2 amide bonds. The average molecular weight is 387 g/mol. The van der Waals surface area contributed by atoms with Crippen LogP contribution < -0.4 is 5.32 Å². The average Bonchev–Trinajstić information content (AvgIpc) is 2.60. The smallest absolute Gasteiger partial charge is 0.303 e. The Kier molecular flexibility index (Phi) is 7.08. The number of nitrogens with zero attached hydrogens (tertiary/aromatic N) is 1. The summed E-state index contributed by atoms with van der Waals surface area (Å²) in [5.41, 5.74) is 0.442. The maximum atomic E-state index is 12.6. The largest absolute Gasteiger partial charge is 0.481 e. The van der Waals surface area contributed by atoms with Gasteiger partial charge in [0.15, 0.2) is 0 Å². The van der Waals surface area contributed by atoms with Gasteiger partial charge in [0.25, 0.3) is 5.91 Å². The second-order valence-electron chi connectivity index (χ2n) is 6.01. The lowest BCUT2D eigenvalue weighted by atomic mass is 9.96. The van der Waals surface area contributed by atoms with Crippen molar-refractivity contribution in [3.8, 4) is 0 Å². The second-order valence-corrected chi connectivity index (χ2v) is 6.82. The van der Waals surface area contributed by atoms with E-state index >= 15 is 0 Å². The fourth-order valence-corrected chi connectivity index (χ4v) is 3.08. The van der Waals surface area contributed by atoms with Crippen molar-refractivity contribution in [1.82, 2.24) is 10.2 Å². The van der Waals surface area contributed by atoms with E-state index in [1.165, 1.54) is 6.07 Å². The maximum absolute atomic E-state index is 12.6. The highest BCUT2D eigenvalue weighted by molar-refractivity contribution is 6.42. The van der Waals surface area contributed by atoms with Crippen LogP contribution in [0.25, 0.3) is 0 Å². The first kappa shape index (κ1) is 19.5. The molecule has 1 atom stereocenters. The Morgan fingerprint density at radius 3 is 2.68 bits per heavy atom. The number of hydrogen-bond donors (Lipinski definition) is 2. The zero-order chi connectivity index (χ0) is 18.4. The summed E-state index contributed by atoms with van der Waals surface area (Å²) in [5, 5.41) is 12.0. The minimum atomic E-state index is -0.884. The minimum absolute atomic E-state index is 0.0207. The first-order valence-corrected chi connectivity index (χ1v) is 8.88. The van der Waals surface area contributed by atoms with Crippen LogP contribution in [0.2, 0.25) is 10.0 Å². The van der Waals surface area contributed by atoms with E-state index in [1.807, 2.05) is 0 Å². The molecule has 8 heteroatoms. The quantitative estimate of drug-likeness (QED) is 0.735. The van der Waals surface area contributed by atoms with Crippen LogP contribution in [0.15, 0.2) is 18.2 Å². The predicted molar refractivity (Wildman–Crippen MR) is 95.0 cm³/mol. The molecule has 2 N–H and O–H groups in total. The zero-order valence-electron chi connectivity index (χ0n) is 13.6. The molecule has 1 aliphatic rings. The van der Waals surface area contributed by atoms with Crippen molar-refractivity contribution in [2.45, 2.75) is 25.7 Å². The molecule has 0 aromatic heterocycles. The topological polar surface area (TPSA) is 86.7 Å². The Balaban J connectivity index is 1.91. The SMILES string of the molecule is O=C(O)CCCNC(=O)C1CCCN(C(=O)c2ccc(Cl)c(Cl)c2)C1. The molecule has 6 nitrogen and oxygen atoms in total. The van der Waals surface area contributed by atoms with Gasteiger partial charge in [0.1, 0.15) is 0 Å². The third-order valence-corrected chi connectivity index (χ3v) is 4.85. The van der Waals surface area contributed by atoms with Crippen LogP contribution in [-0.4, -0.2) is 47.4 Å². The summed E-state index contributed by atoms with van der Waals surface area (Å²) in [5.74, 6) is -1.49. The molecule has 0 bridgehead atoms. The zero-order valence-corrected chi connectivity index (χ0v) is 15.1. The van der Waals surface area contributed by atoms with Crippen molar-refractivity contribution in [3.63, 3.8) is 0 Å². The summed E-state index contributed by atoms with van der Waals surface area (Å²) in [6.07, 6.45) is 1.85. The van der Waals surface area contributed by atoms with Gasteiger partial charge < -0.3 is 15.3 Å². The van der Waals surface area contributed by atoms with Gasteiger partial charge in [0, 0.05) is 31.6 Å². The van der Waals surface area contributed by atoms with Crippen LogP contribution in [0.4, 0.5) is 0 Å². The number of benzene rings is 1.